The van der Waals surface area contributed by atoms with Crippen molar-refractivity contribution in [2.45, 2.75) is 31.8 Å². The van der Waals surface area contributed by atoms with E-state index in [1.165, 1.54) is 24.7 Å². The van der Waals surface area contributed by atoms with E-state index >= 15 is 0 Å². The summed E-state index contributed by atoms with van der Waals surface area (Å²) in [6.07, 6.45) is 4.73. The van der Waals surface area contributed by atoms with Gasteiger partial charge in [-0.15, -0.1) is 12.4 Å². The van der Waals surface area contributed by atoms with Crippen molar-refractivity contribution in [3.05, 3.63) is 59.5 Å². The van der Waals surface area contributed by atoms with Crippen LogP contribution < -0.4 is 11.1 Å². The summed E-state index contributed by atoms with van der Waals surface area (Å²) in [6.45, 7) is 0.309. The van der Waals surface area contributed by atoms with E-state index in [0.29, 0.717) is 23.8 Å². The Balaban J connectivity index is 0.00000176. The van der Waals surface area contributed by atoms with Gasteiger partial charge in [0.25, 0.3) is 5.91 Å². The second-order valence-corrected chi connectivity index (χ2v) is 5.61. The topological polar surface area (TPSA) is 68.3 Å². The second-order valence-electron chi connectivity index (χ2n) is 5.61. The molecule has 3 N–H and O–H groups in total. The first kappa shape index (κ1) is 16.6. The molecule has 1 fully saturated rings. The average Bonchev–Trinajstić information content (AvgIpc) is 3.24. The van der Waals surface area contributed by atoms with Crippen LogP contribution in [0, 0.1) is 5.92 Å². The number of hydrogen-bond donors (Lipinski definition) is 2. The highest BCUT2D eigenvalue weighted by atomic mass is 35.5. The Morgan fingerprint density at radius 2 is 2.05 bits per heavy atom. The summed E-state index contributed by atoms with van der Waals surface area (Å²) in [5.41, 5.74) is 7.30. The van der Waals surface area contributed by atoms with Crippen LogP contribution in [0.5, 0.6) is 0 Å². The Kier molecular flexibility index (Phi) is 5.63. The molecule has 1 atom stereocenters. The second kappa shape index (κ2) is 7.47. The maximum atomic E-state index is 12.3. The van der Waals surface area contributed by atoms with Gasteiger partial charge in [0.05, 0.1) is 12.1 Å². The average molecular weight is 321 g/mol. The molecule has 1 unspecified atom stereocenters. The van der Waals surface area contributed by atoms with Crippen molar-refractivity contribution in [1.82, 2.24) is 5.32 Å². The van der Waals surface area contributed by atoms with Crippen LogP contribution in [0.1, 0.15) is 34.5 Å². The molecule has 0 spiro atoms. The summed E-state index contributed by atoms with van der Waals surface area (Å²) in [5.74, 6) is 1.15. The van der Waals surface area contributed by atoms with Crippen molar-refractivity contribution in [2.24, 2.45) is 11.7 Å². The molecule has 118 valence electrons. The zero-order valence-corrected chi connectivity index (χ0v) is 13.1. The van der Waals surface area contributed by atoms with Gasteiger partial charge < -0.3 is 15.5 Å². The zero-order chi connectivity index (χ0) is 14.7. The van der Waals surface area contributed by atoms with Gasteiger partial charge in [-0.3, -0.25) is 4.79 Å². The highest BCUT2D eigenvalue weighted by Crippen LogP contribution is 2.34. The monoisotopic (exact) mass is 320 g/mol. The van der Waals surface area contributed by atoms with Gasteiger partial charge in [0.2, 0.25) is 0 Å². The van der Waals surface area contributed by atoms with Gasteiger partial charge in [0.1, 0.15) is 12.0 Å². The highest BCUT2D eigenvalue weighted by Gasteiger charge is 2.32. The zero-order valence-electron chi connectivity index (χ0n) is 12.3. The molecule has 1 aliphatic rings. The lowest BCUT2D eigenvalue weighted by Gasteiger charge is -2.18. The van der Waals surface area contributed by atoms with Gasteiger partial charge in [-0.2, -0.15) is 0 Å². The number of carbonyl (C=O) groups excluding carboxylic acids is 1. The number of furan rings is 1. The molecule has 22 heavy (non-hydrogen) atoms. The summed E-state index contributed by atoms with van der Waals surface area (Å²) in [4.78, 5) is 12.3. The van der Waals surface area contributed by atoms with Crippen LogP contribution in [-0.4, -0.2) is 11.9 Å². The van der Waals surface area contributed by atoms with Gasteiger partial charge in [-0.05, 0) is 36.8 Å². The Labute approximate surface area is 136 Å². The number of carbonyl (C=O) groups is 1. The Morgan fingerprint density at radius 3 is 2.64 bits per heavy atom. The lowest BCUT2D eigenvalue weighted by molar-refractivity contribution is 0.0931. The fourth-order valence-electron chi connectivity index (χ4n) is 2.56. The van der Waals surface area contributed by atoms with E-state index in [1.54, 1.807) is 6.07 Å². The van der Waals surface area contributed by atoms with Crippen LogP contribution in [0.4, 0.5) is 0 Å². The number of benzene rings is 1. The number of amides is 1. The first-order chi connectivity index (χ1) is 10.3. The van der Waals surface area contributed by atoms with Crippen molar-refractivity contribution in [1.29, 1.82) is 0 Å². The van der Waals surface area contributed by atoms with Crippen LogP contribution in [0.3, 0.4) is 0 Å². The molecule has 0 saturated heterocycles. The Morgan fingerprint density at radius 1 is 1.32 bits per heavy atom. The Bertz CT molecular complexity index is 608. The number of rotatable bonds is 6. The van der Waals surface area contributed by atoms with Crippen LogP contribution in [0.15, 0.2) is 47.1 Å². The third-order valence-corrected chi connectivity index (χ3v) is 3.92. The molecule has 1 amide bonds. The van der Waals surface area contributed by atoms with Gasteiger partial charge in [-0.1, -0.05) is 30.3 Å². The van der Waals surface area contributed by atoms with Crippen molar-refractivity contribution >= 4 is 18.3 Å². The first-order valence-corrected chi connectivity index (χ1v) is 7.38. The molecule has 1 saturated carbocycles. The molecule has 1 aliphatic carbocycles. The maximum absolute atomic E-state index is 12.3. The number of halogens is 1. The highest BCUT2D eigenvalue weighted by molar-refractivity contribution is 5.94. The molecule has 3 rings (SSSR count). The van der Waals surface area contributed by atoms with Gasteiger partial charge in [-0.25, -0.2) is 0 Å². The minimum absolute atomic E-state index is 0. The standard InChI is InChI=1S/C17H20N2O2.ClH/c18-10-15-9-14(11-21-15)17(20)19-16(13-6-7-13)8-12-4-2-1-3-5-12;/h1-5,9,11,13,16H,6-8,10,18H2,(H,19,20);1H. The number of nitrogens with one attached hydrogen (secondary N) is 1. The summed E-state index contributed by atoms with van der Waals surface area (Å²) < 4.78 is 5.23. The molecule has 2 aromatic rings. The summed E-state index contributed by atoms with van der Waals surface area (Å²) >= 11 is 0. The van der Waals surface area contributed by atoms with Crippen LogP contribution in [0.2, 0.25) is 0 Å². The smallest absolute Gasteiger partial charge is 0.254 e. The summed E-state index contributed by atoms with van der Waals surface area (Å²) in [6, 6.07) is 12.2. The molecular weight excluding hydrogens is 300 g/mol. The molecule has 1 aromatic heterocycles. The molecule has 0 aliphatic heterocycles. The van der Waals surface area contributed by atoms with Crippen molar-refractivity contribution in [2.75, 3.05) is 0 Å². The quantitative estimate of drug-likeness (QED) is 0.860. The van der Waals surface area contributed by atoms with Crippen LogP contribution in [0.25, 0.3) is 0 Å². The van der Waals surface area contributed by atoms with Gasteiger partial charge >= 0.3 is 0 Å². The molecule has 4 nitrogen and oxygen atoms in total. The van der Waals surface area contributed by atoms with Gasteiger partial charge in [0, 0.05) is 6.04 Å². The SMILES string of the molecule is Cl.NCc1cc(C(=O)NC(Cc2ccccc2)C2CC2)co1. The summed E-state index contributed by atoms with van der Waals surface area (Å²) in [7, 11) is 0. The summed E-state index contributed by atoms with van der Waals surface area (Å²) in [5, 5.41) is 3.14. The lowest BCUT2D eigenvalue weighted by atomic mass is 10.0. The minimum Gasteiger partial charge on any atom is -0.467 e. The van der Waals surface area contributed by atoms with Gasteiger partial charge in [0.15, 0.2) is 0 Å². The lowest BCUT2D eigenvalue weighted by Crippen LogP contribution is -2.37. The molecule has 0 radical (unpaired) electrons. The minimum atomic E-state index is -0.0775. The third-order valence-electron chi connectivity index (χ3n) is 3.92. The van der Waals surface area contributed by atoms with E-state index in [1.807, 2.05) is 18.2 Å². The van der Waals surface area contributed by atoms with E-state index in [2.05, 4.69) is 17.4 Å². The largest absolute Gasteiger partial charge is 0.467 e. The molecular formula is C17H21ClN2O2. The van der Waals surface area contributed by atoms with E-state index < -0.39 is 0 Å². The third kappa shape index (κ3) is 4.12. The molecule has 5 heteroatoms. The van der Waals surface area contributed by atoms with E-state index in [9.17, 15) is 4.79 Å². The van der Waals surface area contributed by atoms with Crippen molar-refractivity contribution in [3.63, 3.8) is 0 Å². The Hall–Kier alpha value is -1.78. The fraction of sp³-hybridized carbons (Fsp3) is 0.353. The number of hydrogen-bond acceptors (Lipinski definition) is 3. The molecule has 1 aromatic carbocycles. The fourth-order valence-corrected chi connectivity index (χ4v) is 2.56. The number of nitrogens with two attached hydrogens (primary N) is 1. The van der Waals surface area contributed by atoms with Crippen molar-refractivity contribution in [3.8, 4) is 0 Å². The van der Waals surface area contributed by atoms with E-state index in [-0.39, 0.29) is 24.4 Å². The maximum Gasteiger partial charge on any atom is 0.254 e. The van der Waals surface area contributed by atoms with E-state index in [4.69, 9.17) is 10.2 Å². The van der Waals surface area contributed by atoms with Crippen molar-refractivity contribution < 1.29 is 9.21 Å². The normalized spacial score (nSPS) is 15.0. The predicted octanol–water partition coefficient (Wildman–Crippen LogP) is 2.91. The first-order valence-electron chi connectivity index (χ1n) is 7.38. The van der Waals surface area contributed by atoms with E-state index in [0.717, 1.165) is 6.42 Å². The molecule has 1 heterocycles. The molecule has 0 bridgehead atoms. The van der Waals surface area contributed by atoms with Crippen LogP contribution in [-0.2, 0) is 13.0 Å². The predicted molar refractivity (Wildman–Crippen MR) is 88.0 cm³/mol. The van der Waals surface area contributed by atoms with Crippen LogP contribution >= 0.6 is 12.4 Å².